The number of benzene rings is 1. The fourth-order valence-electron chi connectivity index (χ4n) is 2.76. The van der Waals surface area contributed by atoms with Crippen molar-refractivity contribution in [3.05, 3.63) is 35.4 Å². The third kappa shape index (κ3) is 9.04. The van der Waals surface area contributed by atoms with Gasteiger partial charge in [0, 0.05) is 51.3 Å². The van der Waals surface area contributed by atoms with Crippen LogP contribution in [0.15, 0.2) is 24.3 Å². The molecule has 11 heteroatoms. The van der Waals surface area contributed by atoms with Crippen molar-refractivity contribution < 1.29 is 32.7 Å². The monoisotopic (exact) mass is 442 g/mol. The molecule has 1 aliphatic heterocycles. The normalized spacial score (nSPS) is 13.5. The number of nitrogens with one attached hydrogen (secondary N) is 1. The molecule has 0 atom stereocenters. The molecule has 0 saturated carbocycles. The number of carbonyl (C=O) groups excluding carboxylic acids is 2. The van der Waals surface area contributed by atoms with Gasteiger partial charge in [0.25, 0.3) is 5.91 Å². The van der Waals surface area contributed by atoms with Gasteiger partial charge in [0.05, 0.1) is 11.6 Å². The first kappa shape index (κ1) is 25.9. The number of carboxylic acid groups (broad SMARTS) is 1. The van der Waals surface area contributed by atoms with Gasteiger partial charge in [-0.05, 0) is 30.7 Å². The Morgan fingerprint density at radius 2 is 1.71 bits per heavy atom. The standard InChI is InChI=1S/C18H24N4O2.C2HF3O2/c1-2-10-22(11-7-17(23)21-12-8-20-9-13-21)18(24)16-5-3-15(14-19)4-6-16;3-2(4,5)1(6)7/h3-6,20H,2,7-13H2,1H3;(H,6,7). The molecule has 31 heavy (non-hydrogen) atoms. The number of alkyl halides is 3. The van der Waals surface area contributed by atoms with Gasteiger partial charge in [0.1, 0.15) is 0 Å². The average Bonchev–Trinajstić information content (AvgIpc) is 2.76. The van der Waals surface area contributed by atoms with E-state index in [1.165, 1.54) is 0 Å². The highest BCUT2D eigenvalue weighted by Crippen LogP contribution is 2.13. The maximum atomic E-state index is 12.6. The number of aliphatic carboxylic acids is 1. The molecule has 1 heterocycles. The molecular formula is C20H25F3N4O4. The van der Waals surface area contributed by atoms with E-state index in [0.717, 1.165) is 32.6 Å². The second kappa shape index (κ2) is 12.5. The third-order valence-corrected chi connectivity index (χ3v) is 4.35. The number of halogens is 3. The molecule has 0 aliphatic carbocycles. The van der Waals surface area contributed by atoms with Crippen molar-refractivity contribution in [1.29, 1.82) is 5.26 Å². The summed E-state index contributed by atoms with van der Waals surface area (Å²) in [5.74, 6) is -2.74. The average molecular weight is 442 g/mol. The predicted molar refractivity (Wildman–Crippen MR) is 105 cm³/mol. The van der Waals surface area contributed by atoms with Gasteiger partial charge in [-0.1, -0.05) is 6.92 Å². The van der Waals surface area contributed by atoms with Gasteiger partial charge in [0.2, 0.25) is 5.91 Å². The topological polar surface area (TPSA) is 114 Å². The first-order valence-corrected chi connectivity index (χ1v) is 9.68. The summed E-state index contributed by atoms with van der Waals surface area (Å²) in [7, 11) is 0. The number of carboxylic acids is 1. The van der Waals surface area contributed by atoms with E-state index in [9.17, 15) is 22.8 Å². The summed E-state index contributed by atoms with van der Waals surface area (Å²) >= 11 is 0. The van der Waals surface area contributed by atoms with Gasteiger partial charge >= 0.3 is 12.1 Å². The number of hydrogen-bond acceptors (Lipinski definition) is 5. The number of nitriles is 1. The van der Waals surface area contributed by atoms with Crippen LogP contribution in [0.5, 0.6) is 0 Å². The number of nitrogens with zero attached hydrogens (tertiary/aromatic N) is 3. The molecule has 2 N–H and O–H groups in total. The Balaban J connectivity index is 0.000000592. The molecule has 0 aromatic heterocycles. The van der Waals surface area contributed by atoms with Crippen molar-refractivity contribution in [2.75, 3.05) is 39.3 Å². The Bertz CT molecular complexity index is 785. The van der Waals surface area contributed by atoms with E-state index in [4.69, 9.17) is 15.2 Å². The number of piperazine rings is 1. The van der Waals surface area contributed by atoms with Crippen LogP contribution >= 0.6 is 0 Å². The van der Waals surface area contributed by atoms with Gasteiger partial charge in [-0.15, -0.1) is 0 Å². The first-order valence-electron chi connectivity index (χ1n) is 9.68. The maximum absolute atomic E-state index is 12.6. The molecule has 2 rings (SSSR count). The van der Waals surface area contributed by atoms with Crippen LogP contribution in [0.25, 0.3) is 0 Å². The fraction of sp³-hybridized carbons (Fsp3) is 0.500. The van der Waals surface area contributed by atoms with Gasteiger partial charge in [-0.25, -0.2) is 4.79 Å². The zero-order valence-corrected chi connectivity index (χ0v) is 17.1. The van der Waals surface area contributed by atoms with E-state index in [1.54, 1.807) is 29.2 Å². The molecule has 2 amide bonds. The van der Waals surface area contributed by atoms with Crippen LogP contribution in [-0.2, 0) is 9.59 Å². The van der Waals surface area contributed by atoms with Gasteiger partial charge in [0.15, 0.2) is 0 Å². The van der Waals surface area contributed by atoms with Gasteiger partial charge < -0.3 is 20.2 Å². The van der Waals surface area contributed by atoms with Crippen molar-refractivity contribution in [2.45, 2.75) is 25.9 Å². The molecule has 1 saturated heterocycles. The van der Waals surface area contributed by atoms with Crippen LogP contribution in [0.2, 0.25) is 0 Å². The highest BCUT2D eigenvalue weighted by atomic mass is 19.4. The minimum Gasteiger partial charge on any atom is -0.475 e. The smallest absolute Gasteiger partial charge is 0.475 e. The summed E-state index contributed by atoms with van der Waals surface area (Å²) in [6.45, 7) is 6.18. The zero-order valence-electron chi connectivity index (χ0n) is 17.1. The predicted octanol–water partition coefficient (Wildman–Crippen LogP) is 1.87. The summed E-state index contributed by atoms with van der Waals surface area (Å²) in [4.78, 5) is 37.4. The van der Waals surface area contributed by atoms with Gasteiger partial charge in [-0.2, -0.15) is 18.4 Å². The maximum Gasteiger partial charge on any atom is 0.490 e. The SMILES string of the molecule is CCCN(CCC(=O)N1CCNCC1)C(=O)c1ccc(C#N)cc1.O=C(O)C(F)(F)F. The minimum atomic E-state index is -5.08. The molecule has 0 bridgehead atoms. The van der Waals surface area contributed by atoms with Gasteiger partial charge in [-0.3, -0.25) is 9.59 Å². The third-order valence-electron chi connectivity index (χ3n) is 4.35. The van der Waals surface area contributed by atoms with E-state index >= 15 is 0 Å². The van der Waals surface area contributed by atoms with Crippen molar-refractivity contribution in [3.63, 3.8) is 0 Å². The lowest BCUT2D eigenvalue weighted by molar-refractivity contribution is -0.192. The second-order valence-corrected chi connectivity index (χ2v) is 6.67. The molecular weight excluding hydrogens is 417 g/mol. The van der Waals surface area contributed by atoms with Crippen molar-refractivity contribution in [1.82, 2.24) is 15.1 Å². The molecule has 0 radical (unpaired) electrons. The Morgan fingerprint density at radius 1 is 1.16 bits per heavy atom. The Morgan fingerprint density at radius 3 is 2.16 bits per heavy atom. The van der Waals surface area contributed by atoms with Crippen molar-refractivity contribution >= 4 is 17.8 Å². The van der Waals surface area contributed by atoms with Crippen LogP contribution in [0.4, 0.5) is 13.2 Å². The van der Waals surface area contributed by atoms with E-state index in [-0.39, 0.29) is 11.8 Å². The van der Waals surface area contributed by atoms with E-state index in [0.29, 0.717) is 30.6 Å². The summed E-state index contributed by atoms with van der Waals surface area (Å²) in [6.07, 6.45) is -3.90. The molecule has 8 nitrogen and oxygen atoms in total. The van der Waals surface area contributed by atoms with Crippen LogP contribution in [0, 0.1) is 11.3 Å². The highest BCUT2D eigenvalue weighted by molar-refractivity contribution is 5.94. The van der Waals surface area contributed by atoms with Crippen LogP contribution in [0.1, 0.15) is 35.7 Å². The van der Waals surface area contributed by atoms with Crippen LogP contribution in [0.3, 0.4) is 0 Å². The molecule has 0 unspecified atom stereocenters. The molecule has 170 valence electrons. The Kier molecular flexibility index (Phi) is 10.5. The molecule has 1 aromatic carbocycles. The summed E-state index contributed by atoms with van der Waals surface area (Å²) in [5.41, 5.74) is 1.08. The molecule has 1 aliphatic rings. The Labute approximate surface area is 178 Å². The van der Waals surface area contributed by atoms with Crippen LogP contribution in [-0.4, -0.2) is 78.1 Å². The number of hydrogen-bond donors (Lipinski definition) is 2. The minimum absolute atomic E-state index is 0.0885. The zero-order chi connectivity index (χ0) is 23.4. The first-order chi connectivity index (χ1) is 14.6. The highest BCUT2D eigenvalue weighted by Gasteiger charge is 2.38. The molecule has 1 fully saturated rings. The summed E-state index contributed by atoms with van der Waals surface area (Å²) in [6, 6.07) is 8.66. The number of carbonyl (C=O) groups is 3. The number of amides is 2. The lowest BCUT2D eigenvalue weighted by Crippen LogP contribution is -2.47. The lowest BCUT2D eigenvalue weighted by atomic mass is 10.1. The number of rotatable bonds is 6. The van der Waals surface area contributed by atoms with E-state index in [1.807, 2.05) is 17.9 Å². The quantitative estimate of drug-likeness (QED) is 0.695. The largest absolute Gasteiger partial charge is 0.490 e. The second-order valence-electron chi connectivity index (χ2n) is 6.67. The van der Waals surface area contributed by atoms with Crippen molar-refractivity contribution in [3.8, 4) is 6.07 Å². The molecule has 0 spiro atoms. The van der Waals surface area contributed by atoms with Crippen LogP contribution < -0.4 is 5.32 Å². The van der Waals surface area contributed by atoms with E-state index < -0.39 is 12.1 Å². The fourth-order valence-corrected chi connectivity index (χ4v) is 2.76. The summed E-state index contributed by atoms with van der Waals surface area (Å²) < 4.78 is 31.7. The van der Waals surface area contributed by atoms with E-state index in [2.05, 4.69) is 5.32 Å². The summed E-state index contributed by atoms with van der Waals surface area (Å²) in [5, 5.41) is 19.2. The molecule has 1 aromatic rings. The lowest BCUT2D eigenvalue weighted by Gasteiger charge is -2.29. The van der Waals surface area contributed by atoms with Crippen molar-refractivity contribution in [2.24, 2.45) is 0 Å². The Hall–Kier alpha value is -3.13.